The van der Waals surface area contributed by atoms with Gasteiger partial charge in [-0.3, -0.25) is 4.79 Å². The van der Waals surface area contributed by atoms with Crippen molar-refractivity contribution in [3.8, 4) is 0 Å². The normalized spacial score (nSPS) is 17.3. The molecule has 0 spiro atoms. The molecule has 1 amide bonds. The lowest BCUT2D eigenvalue weighted by atomic mass is 10.1. The topological polar surface area (TPSA) is 67.4 Å². The summed E-state index contributed by atoms with van der Waals surface area (Å²) in [6.07, 6.45) is 6.77. The standard InChI is InChI=1S/C20H26N4O2/c1-24(2)14-15-6-8-17(9-7-15)20(25)23-13-16-11-21-19(22-12-16)18-5-3-4-10-26-18/h6-9,11-12,18H,3-5,10,13-14H2,1-2H3,(H,23,25). The van der Waals surface area contributed by atoms with Crippen LogP contribution in [0.5, 0.6) is 0 Å². The lowest BCUT2D eigenvalue weighted by Crippen LogP contribution is -2.23. The highest BCUT2D eigenvalue weighted by Crippen LogP contribution is 2.24. The van der Waals surface area contributed by atoms with E-state index in [0.29, 0.717) is 12.1 Å². The van der Waals surface area contributed by atoms with Crippen molar-refractivity contribution in [1.82, 2.24) is 20.2 Å². The first-order chi connectivity index (χ1) is 12.6. The van der Waals surface area contributed by atoms with E-state index in [9.17, 15) is 4.79 Å². The van der Waals surface area contributed by atoms with Crippen LogP contribution in [0.1, 0.15) is 52.7 Å². The van der Waals surface area contributed by atoms with Gasteiger partial charge in [0.15, 0.2) is 5.82 Å². The summed E-state index contributed by atoms with van der Waals surface area (Å²) in [6.45, 7) is 2.04. The summed E-state index contributed by atoms with van der Waals surface area (Å²) in [5, 5.41) is 2.91. The molecule has 1 aromatic carbocycles. The maximum atomic E-state index is 12.3. The number of benzene rings is 1. The van der Waals surface area contributed by atoms with Crippen LogP contribution in [0.15, 0.2) is 36.7 Å². The van der Waals surface area contributed by atoms with E-state index < -0.39 is 0 Å². The fraction of sp³-hybridized carbons (Fsp3) is 0.450. The van der Waals surface area contributed by atoms with E-state index in [1.807, 2.05) is 38.4 Å². The number of carbonyl (C=O) groups is 1. The molecular formula is C20H26N4O2. The van der Waals surface area contributed by atoms with Gasteiger partial charge in [0.25, 0.3) is 5.91 Å². The molecule has 0 radical (unpaired) electrons. The summed E-state index contributed by atoms with van der Waals surface area (Å²) in [4.78, 5) is 23.2. The Morgan fingerprint density at radius 2 is 1.88 bits per heavy atom. The number of ether oxygens (including phenoxy) is 1. The zero-order chi connectivity index (χ0) is 18.4. The first-order valence-electron chi connectivity index (χ1n) is 9.06. The maximum Gasteiger partial charge on any atom is 0.251 e. The molecule has 0 bridgehead atoms. The number of rotatable bonds is 6. The van der Waals surface area contributed by atoms with Gasteiger partial charge < -0.3 is 15.0 Å². The van der Waals surface area contributed by atoms with E-state index in [1.54, 1.807) is 12.4 Å². The molecule has 1 saturated heterocycles. The fourth-order valence-electron chi connectivity index (χ4n) is 2.98. The zero-order valence-corrected chi connectivity index (χ0v) is 15.4. The second-order valence-corrected chi connectivity index (χ2v) is 6.92. The second-order valence-electron chi connectivity index (χ2n) is 6.92. The van der Waals surface area contributed by atoms with Crippen LogP contribution in [0.3, 0.4) is 0 Å². The average molecular weight is 354 g/mol. The van der Waals surface area contributed by atoms with Gasteiger partial charge in [0, 0.05) is 43.2 Å². The number of nitrogens with one attached hydrogen (secondary N) is 1. The average Bonchev–Trinajstić information content (AvgIpc) is 2.67. The Balaban J connectivity index is 1.52. The minimum atomic E-state index is -0.0962. The van der Waals surface area contributed by atoms with Crippen molar-refractivity contribution in [3.05, 3.63) is 59.2 Å². The Hall–Kier alpha value is -2.31. The monoisotopic (exact) mass is 354 g/mol. The SMILES string of the molecule is CN(C)Cc1ccc(C(=O)NCc2cnc(C3CCCCO3)nc2)cc1. The van der Waals surface area contributed by atoms with E-state index in [4.69, 9.17) is 4.74 Å². The smallest absolute Gasteiger partial charge is 0.251 e. The summed E-state index contributed by atoms with van der Waals surface area (Å²) in [6, 6.07) is 7.68. The summed E-state index contributed by atoms with van der Waals surface area (Å²) < 4.78 is 5.70. The van der Waals surface area contributed by atoms with Crippen LogP contribution >= 0.6 is 0 Å². The number of carbonyl (C=O) groups excluding carboxylic acids is 1. The fourth-order valence-corrected chi connectivity index (χ4v) is 2.98. The van der Waals surface area contributed by atoms with Crippen LogP contribution in [-0.2, 0) is 17.8 Å². The van der Waals surface area contributed by atoms with Crippen LogP contribution in [0.2, 0.25) is 0 Å². The molecule has 1 unspecified atom stereocenters. The summed E-state index contributed by atoms with van der Waals surface area (Å²) >= 11 is 0. The molecule has 1 N–H and O–H groups in total. The molecule has 1 aliphatic heterocycles. The summed E-state index contributed by atoms with van der Waals surface area (Å²) in [5.41, 5.74) is 2.71. The molecule has 138 valence electrons. The lowest BCUT2D eigenvalue weighted by molar-refractivity contribution is 0.00940. The number of amides is 1. The Labute approximate surface area is 154 Å². The molecule has 1 atom stereocenters. The third-order valence-electron chi connectivity index (χ3n) is 4.36. The highest BCUT2D eigenvalue weighted by Gasteiger charge is 2.18. The molecule has 0 saturated carbocycles. The Morgan fingerprint density at radius 3 is 2.50 bits per heavy atom. The van der Waals surface area contributed by atoms with Crippen LogP contribution in [0.4, 0.5) is 0 Å². The number of hydrogen-bond acceptors (Lipinski definition) is 5. The van der Waals surface area contributed by atoms with Gasteiger partial charge in [0.1, 0.15) is 6.10 Å². The van der Waals surface area contributed by atoms with Gasteiger partial charge in [-0.05, 0) is 51.1 Å². The predicted molar refractivity (Wildman–Crippen MR) is 99.6 cm³/mol. The van der Waals surface area contributed by atoms with Crippen molar-refractivity contribution in [2.45, 2.75) is 38.5 Å². The molecule has 6 nitrogen and oxygen atoms in total. The molecular weight excluding hydrogens is 328 g/mol. The zero-order valence-electron chi connectivity index (χ0n) is 15.4. The molecule has 1 fully saturated rings. The van der Waals surface area contributed by atoms with Crippen LogP contribution < -0.4 is 5.32 Å². The van der Waals surface area contributed by atoms with Gasteiger partial charge in [-0.1, -0.05) is 12.1 Å². The summed E-state index contributed by atoms with van der Waals surface area (Å²) in [7, 11) is 4.04. The van der Waals surface area contributed by atoms with Crippen molar-refractivity contribution in [3.63, 3.8) is 0 Å². The van der Waals surface area contributed by atoms with Crippen molar-refractivity contribution >= 4 is 5.91 Å². The van der Waals surface area contributed by atoms with Crippen LogP contribution in [0.25, 0.3) is 0 Å². The molecule has 2 aromatic rings. The highest BCUT2D eigenvalue weighted by atomic mass is 16.5. The van der Waals surface area contributed by atoms with E-state index in [-0.39, 0.29) is 12.0 Å². The van der Waals surface area contributed by atoms with Crippen LogP contribution in [0, 0.1) is 0 Å². The van der Waals surface area contributed by atoms with Gasteiger partial charge in [-0.25, -0.2) is 9.97 Å². The number of hydrogen-bond donors (Lipinski definition) is 1. The maximum absolute atomic E-state index is 12.3. The highest BCUT2D eigenvalue weighted by molar-refractivity contribution is 5.94. The number of nitrogens with zero attached hydrogens (tertiary/aromatic N) is 3. The van der Waals surface area contributed by atoms with Gasteiger partial charge >= 0.3 is 0 Å². The van der Waals surface area contributed by atoms with Gasteiger partial charge in [0.2, 0.25) is 0 Å². The van der Waals surface area contributed by atoms with Crippen LogP contribution in [-0.4, -0.2) is 41.5 Å². The predicted octanol–water partition coefficient (Wildman–Crippen LogP) is 2.71. The summed E-state index contributed by atoms with van der Waals surface area (Å²) in [5.74, 6) is 0.636. The molecule has 1 aliphatic rings. The largest absolute Gasteiger partial charge is 0.370 e. The van der Waals surface area contributed by atoms with E-state index in [1.165, 1.54) is 5.56 Å². The van der Waals surface area contributed by atoms with Gasteiger partial charge in [-0.2, -0.15) is 0 Å². The van der Waals surface area contributed by atoms with Crippen molar-refractivity contribution in [1.29, 1.82) is 0 Å². The van der Waals surface area contributed by atoms with E-state index >= 15 is 0 Å². The quantitative estimate of drug-likeness (QED) is 0.864. The van der Waals surface area contributed by atoms with Gasteiger partial charge in [-0.15, -0.1) is 0 Å². The van der Waals surface area contributed by atoms with Crippen molar-refractivity contribution in [2.24, 2.45) is 0 Å². The molecule has 1 aromatic heterocycles. The first kappa shape index (κ1) is 18.5. The Kier molecular flexibility index (Phi) is 6.30. The Bertz CT molecular complexity index is 708. The Morgan fingerprint density at radius 1 is 1.15 bits per heavy atom. The van der Waals surface area contributed by atoms with E-state index in [2.05, 4.69) is 20.2 Å². The molecule has 26 heavy (non-hydrogen) atoms. The second kappa shape index (κ2) is 8.87. The third-order valence-corrected chi connectivity index (χ3v) is 4.36. The molecule has 3 rings (SSSR count). The first-order valence-corrected chi connectivity index (χ1v) is 9.06. The van der Waals surface area contributed by atoms with E-state index in [0.717, 1.165) is 43.8 Å². The third kappa shape index (κ3) is 5.09. The molecule has 0 aliphatic carbocycles. The minimum absolute atomic E-state index is 0.00747. The van der Waals surface area contributed by atoms with Crippen molar-refractivity contribution in [2.75, 3.05) is 20.7 Å². The van der Waals surface area contributed by atoms with Crippen molar-refractivity contribution < 1.29 is 9.53 Å². The minimum Gasteiger partial charge on any atom is -0.370 e. The lowest BCUT2D eigenvalue weighted by Gasteiger charge is -2.21. The van der Waals surface area contributed by atoms with Gasteiger partial charge in [0.05, 0.1) is 0 Å². The molecule has 6 heteroatoms. The number of aromatic nitrogens is 2. The molecule has 2 heterocycles.